The van der Waals surface area contributed by atoms with E-state index in [9.17, 15) is 4.79 Å². The third-order valence-corrected chi connectivity index (χ3v) is 3.03. The van der Waals surface area contributed by atoms with Crippen molar-refractivity contribution >= 4 is 28.9 Å². The number of rotatable bonds is 4. The van der Waals surface area contributed by atoms with E-state index >= 15 is 0 Å². The van der Waals surface area contributed by atoms with Crippen molar-refractivity contribution in [2.45, 2.75) is 0 Å². The van der Waals surface area contributed by atoms with Gasteiger partial charge in [-0.1, -0.05) is 17.7 Å². The average molecular weight is 290 g/mol. The highest BCUT2D eigenvalue weighted by Crippen LogP contribution is 2.15. The molecule has 0 unspecified atom stereocenters. The lowest BCUT2D eigenvalue weighted by molar-refractivity contribution is 0.0962. The molecule has 0 aliphatic rings. The van der Waals surface area contributed by atoms with E-state index in [-0.39, 0.29) is 5.91 Å². The molecule has 0 heterocycles. The predicted molar refractivity (Wildman–Crippen MR) is 83.3 cm³/mol. The van der Waals surface area contributed by atoms with Crippen molar-refractivity contribution in [1.29, 1.82) is 0 Å². The van der Waals surface area contributed by atoms with Crippen molar-refractivity contribution in [1.82, 2.24) is 5.43 Å². The van der Waals surface area contributed by atoms with Crippen molar-refractivity contribution in [2.75, 3.05) is 24.4 Å². The Morgan fingerprint density at radius 1 is 1.10 bits per heavy atom. The van der Waals surface area contributed by atoms with Crippen LogP contribution in [0.3, 0.4) is 0 Å². The van der Waals surface area contributed by atoms with Crippen LogP contribution in [0.2, 0.25) is 5.02 Å². The Hall–Kier alpha value is -2.20. The summed E-state index contributed by atoms with van der Waals surface area (Å²) in [6.07, 6.45) is 0. The summed E-state index contributed by atoms with van der Waals surface area (Å²) in [6, 6.07) is 14.5. The molecule has 0 aliphatic carbocycles. The normalized spacial score (nSPS) is 9.95. The van der Waals surface area contributed by atoms with Gasteiger partial charge >= 0.3 is 0 Å². The molecule has 0 spiro atoms. The van der Waals surface area contributed by atoms with E-state index in [1.54, 1.807) is 24.3 Å². The smallest absolute Gasteiger partial charge is 0.269 e. The number of carbonyl (C=O) groups is 1. The number of carbonyl (C=O) groups excluding carboxylic acids is 1. The molecule has 0 atom stereocenters. The summed E-state index contributed by atoms with van der Waals surface area (Å²) in [6.45, 7) is 0. The Morgan fingerprint density at radius 3 is 2.40 bits per heavy atom. The first-order valence-electron chi connectivity index (χ1n) is 6.15. The maximum absolute atomic E-state index is 12.0. The molecule has 2 N–H and O–H groups in total. The number of nitrogens with zero attached hydrogens (tertiary/aromatic N) is 1. The Labute approximate surface area is 123 Å². The average Bonchev–Trinajstić information content (AvgIpc) is 2.45. The summed E-state index contributed by atoms with van der Waals surface area (Å²) in [5.41, 5.74) is 7.82. The van der Waals surface area contributed by atoms with Gasteiger partial charge in [0.2, 0.25) is 0 Å². The molecule has 2 aromatic rings. The molecule has 104 valence electrons. The monoisotopic (exact) mass is 289 g/mol. The summed E-state index contributed by atoms with van der Waals surface area (Å²) in [5, 5.41) is 0.611. The van der Waals surface area contributed by atoms with Crippen molar-refractivity contribution in [2.24, 2.45) is 0 Å². The topological polar surface area (TPSA) is 44.4 Å². The van der Waals surface area contributed by atoms with E-state index in [1.165, 1.54) is 0 Å². The first-order valence-corrected chi connectivity index (χ1v) is 6.53. The van der Waals surface area contributed by atoms with Crippen LogP contribution in [0.5, 0.6) is 0 Å². The van der Waals surface area contributed by atoms with Gasteiger partial charge in [-0.3, -0.25) is 15.6 Å². The summed E-state index contributed by atoms with van der Waals surface area (Å²) >= 11 is 5.87. The molecule has 1 amide bonds. The Kier molecular flexibility index (Phi) is 4.48. The van der Waals surface area contributed by atoms with Crippen LogP contribution in [0.15, 0.2) is 48.5 Å². The van der Waals surface area contributed by atoms with Gasteiger partial charge in [-0.2, -0.15) is 0 Å². The van der Waals surface area contributed by atoms with Crippen LogP contribution in [0.25, 0.3) is 0 Å². The van der Waals surface area contributed by atoms with Gasteiger partial charge in [0.15, 0.2) is 0 Å². The maximum atomic E-state index is 12.0. The van der Waals surface area contributed by atoms with Gasteiger partial charge in [0.25, 0.3) is 5.91 Å². The number of hydrogen-bond acceptors (Lipinski definition) is 3. The number of hydrazine groups is 1. The Bertz CT molecular complexity index is 596. The molecule has 0 radical (unpaired) electrons. The molecule has 0 saturated heterocycles. The summed E-state index contributed by atoms with van der Waals surface area (Å²) in [4.78, 5) is 13.9. The molecule has 20 heavy (non-hydrogen) atoms. The Morgan fingerprint density at radius 2 is 1.80 bits per heavy atom. The second-order valence-electron chi connectivity index (χ2n) is 4.53. The molecule has 2 aromatic carbocycles. The standard InChI is InChI=1S/C15H16ClN3O/c1-19(2)14-8-6-11(7-9-14)15(20)18-17-13-5-3-4-12(16)10-13/h3-10,17H,1-2H3,(H,18,20). The second-order valence-corrected chi connectivity index (χ2v) is 4.97. The fourth-order valence-electron chi connectivity index (χ4n) is 1.68. The summed E-state index contributed by atoms with van der Waals surface area (Å²) in [5.74, 6) is -0.199. The van der Waals surface area contributed by atoms with Crippen LogP contribution in [-0.2, 0) is 0 Å². The number of hydrogen-bond donors (Lipinski definition) is 2. The quantitative estimate of drug-likeness (QED) is 0.850. The minimum atomic E-state index is -0.199. The third kappa shape index (κ3) is 3.65. The van der Waals surface area contributed by atoms with Gasteiger partial charge in [0, 0.05) is 30.4 Å². The molecule has 5 heteroatoms. The number of anilines is 2. The van der Waals surface area contributed by atoms with E-state index in [0.29, 0.717) is 10.6 Å². The predicted octanol–water partition coefficient (Wildman–Crippen LogP) is 3.16. The third-order valence-electron chi connectivity index (χ3n) is 2.79. The van der Waals surface area contributed by atoms with Crippen molar-refractivity contribution in [3.05, 3.63) is 59.1 Å². The van der Waals surface area contributed by atoms with Crippen LogP contribution in [0.1, 0.15) is 10.4 Å². The van der Waals surface area contributed by atoms with Crippen LogP contribution in [0.4, 0.5) is 11.4 Å². The second kappa shape index (κ2) is 6.30. The van der Waals surface area contributed by atoms with Crippen LogP contribution < -0.4 is 15.8 Å². The lowest BCUT2D eigenvalue weighted by Crippen LogP contribution is -2.29. The molecular formula is C15H16ClN3O. The zero-order valence-electron chi connectivity index (χ0n) is 11.4. The highest BCUT2D eigenvalue weighted by Gasteiger charge is 2.05. The minimum absolute atomic E-state index is 0.199. The lowest BCUT2D eigenvalue weighted by Gasteiger charge is -2.13. The fraction of sp³-hybridized carbons (Fsp3) is 0.133. The van der Waals surface area contributed by atoms with E-state index in [2.05, 4.69) is 10.9 Å². The van der Waals surface area contributed by atoms with E-state index < -0.39 is 0 Å². The van der Waals surface area contributed by atoms with E-state index in [1.807, 2.05) is 43.3 Å². The van der Waals surface area contributed by atoms with Crippen LogP contribution >= 0.6 is 11.6 Å². The number of benzene rings is 2. The molecule has 4 nitrogen and oxygen atoms in total. The number of halogens is 1. The van der Waals surface area contributed by atoms with Gasteiger partial charge in [-0.25, -0.2) is 0 Å². The van der Waals surface area contributed by atoms with Crippen molar-refractivity contribution in [3.8, 4) is 0 Å². The highest BCUT2D eigenvalue weighted by molar-refractivity contribution is 6.30. The van der Waals surface area contributed by atoms with Gasteiger partial charge in [-0.15, -0.1) is 0 Å². The van der Waals surface area contributed by atoms with Crippen molar-refractivity contribution < 1.29 is 4.79 Å². The van der Waals surface area contributed by atoms with Gasteiger partial charge in [0.1, 0.15) is 0 Å². The summed E-state index contributed by atoms with van der Waals surface area (Å²) in [7, 11) is 3.91. The highest BCUT2D eigenvalue weighted by atomic mass is 35.5. The first kappa shape index (κ1) is 14.2. The largest absolute Gasteiger partial charge is 0.378 e. The minimum Gasteiger partial charge on any atom is -0.378 e. The van der Waals surface area contributed by atoms with Gasteiger partial charge < -0.3 is 4.90 Å². The SMILES string of the molecule is CN(C)c1ccc(C(=O)NNc2cccc(Cl)c2)cc1. The zero-order chi connectivity index (χ0) is 14.5. The number of amides is 1. The number of nitrogens with one attached hydrogen (secondary N) is 2. The molecule has 0 saturated carbocycles. The first-order chi connectivity index (χ1) is 9.56. The van der Waals surface area contributed by atoms with Gasteiger partial charge in [0.05, 0.1) is 5.69 Å². The molecule has 0 fully saturated rings. The van der Waals surface area contributed by atoms with Crippen LogP contribution in [0, 0.1) is 0 Å². The van der Waals surface area contributed by atoms with Gasteiger partial charge in [-0.05, 0) is 42.5 Å². The molecule has 0 bridgehead atoms. The van der Waals surface area contributed by atoms with Crippen LogP contribution in [-0.4, -0.2) is 20.0 Å². The summed E-state index contributed by atoms with van der Waals surface area (Å²) < 4.78 is 0. The van der Waals surface area contributed by atoms with E-state index in [4.69, 9.17) is 11.6 Å². The lowest BCUT2D eigenvalue weighted by atomic mass is 10.2. The van der Waals surface area contributed by atoms with Crippen molar-refractivity contribution in [3.63, 3.8) is 0 Å². The van der Waals surface area contributed by atoms with E-state index in [0.717, 1.165) is 11.4 Å². The molecule has 0 aliphatic heterocycles. The zero-order valence-corrected chi connectivity index (χ0v) is 12.1. The molecular weight excluding hydrogens is 274 g/mol. The Balaban J connectivity index is 1.98. The molecule has 2 rings (SSSR count). The molecule has 0 aromatic heterocycles. The fourth-order valence-corrected chi connectivity index (χ4v) is 1.87. The maximum Gasteiger partial charge on any atom is 0.269 e.